The Morgan fingerprint density at radius 2 is 2.21 bits per heavy atom. The van der Waals surface area contributed by atoms with Crippen molar-refractivity contribution >= 4 is 5.97 Å². The Hall–Kier alpha value is -1.75. The molecule has 0 heterocycles. The number of hydrogen-bond acceptors (Lipinski definition) is 4. The molecule has 1 aromatic rings. The molecule has 2 rings (SSSR count). The van der Waals surface area contributed by atoms with Crippen LogP contribution in [0.2, 0.25) is 0 Å². The molecule has 1 aliphatic rings. The van der Waals surface area contributed by atoms with Crippen LogP contribution in [0.3, 0.4) is 0 Å². The van der Waals surface area contributed by atoms with Crippen LogP contribution in [0, 0.1) is 0 Å². The van der Waals surface area contributed by atoms with E-state index in [-0.39, 0.29) is 6.61 Å². The number of nitrogens with one attached hydrogen (secondary N) is 1. The summed E-state index contributed by atoms with van der Waals surface area (Å²) in [5.74, 6) is 0.131. The van der Waals surface area contributed by atoms with Crippen LogP contribution in [0.5, 0.6) is 11.5 Å². The fourth-order valence-corrected chi connectivity index (χ4v) is 1.81. The summed E-state index contributed by atoms with van der Waals surface area (Å²) in [5.41, 5.74) is 0.930. The largest absolute Gasteiger partial charge is 0.490 e. The number of carboxylic acids is 1. The van der Waals surface area contributed by atoms with Crippen LogP contribution in [0.15, 0.2) is 18.2 Å². The van der Waals surface area contributed by atoms with E-state index in [1.54, 1.807) is 6.07 Å². The zero-order valence-corrected chi connectivity index (χ0v) is 11.0. The van der Waals surface area contributed by atoms with Gasteiger partial charge in [0, 0.05) is 18.2 Å². The van der Waals surface area contributed by atoms with Gasteiger partial charge in [0.05, 0.1) is 6.61 Å². The lowest BCUT2D eigenvalue weighted by molar-refractivity contribution is -0.139. The molecule has 0 radical (unpaired) electrons. The van der Waals surface area contributed by atoms with Gasteiger partial charge in [-0.3, -0.25) is 0 Å². The first kappa shape index (κ1) is 13.7. The van der Waals surface area contributed by atoms with Crippen LogP contribution in [0.4, 0.5) is 0 Å². The predicted octanol–water partition coefficient (Wildman–Crippen LogP) is 1.80. The van der Waals surface area contributed by atoms with Gasteiger partial charge in [0.15, 0.2) is 18.1 Å². The highest BCUT2D eigenvalue weighted by Gasteiger charge is 2.21. The van der Waals surface area contributed by atoms with Crippen molar-refractivity contribution in [2.24, 2.45) is 0 Å². The number of benzene rings is 1. The average Bonchev–Trinajstić information content (AvgIpc) is 3.19. The number of rotatable bonds is 8. The molecule has 1 aromatic carbocycles. The van der Waals surface area contributed by atoms with Crippen LogP contribution < -0.4 is 14.8 Å². The quantitative estimate of drug-likeness (QED) is 0.750. The molecule has 0 amide bonds. The summed E-state index contributed by atoms with van der Waals surface area (Å²) in [6.07, 6.45) is 2.41. The van der Waals surface area contributed by atoms with Crippen molar-refractivity contribution in [1.82, 2.24) is 5.32 Å². The summed E-state index contributed by atoms with van der Waals surface area (Å²) in [6, 6.07) is 6.20. The molecule has 0 aliphatic heterocycles. The van der Waals surface area contributed by atoms with Crippen molar-refractivity contribution in [1.29, 1.82) is 0 Å². The Labute approximate surface area is 112 Å². The molecule has 1 aliphatic carbocycles. The minimum Gasteiger partial charge on any atom is -0.490 e. The van der Waals surface area contributed by atoms with Gasteiger partial charge < -0.3 is 19.9 Å². The summed E-state index contributed by atoms with van der Waals surface area (Å²) in [6.45, 7) is 2.71. The van der Waals surface area contributed by atoms with E-state index in [0.717, 1.165) is 5.56 Å². The number of ether oxygens (including phenoxy) is 2. The number of hydrogen-bond donors (Lipinski definition) is 2. The third-order valence-electron chi connectivity index (χ3n) is 2.86. The van der Waals surface area contributed by atoms with E-state index < -0.39 is 5.97 Å². The molecule has 0 atom stereocenters. The van der Waals surface area contributed by atoms with E-state index in [0.29, 0.717) is 30.7 Å². The second-order valence-electron chi connectivity index (χ2n) is 4.51. The number of carbonyl (C=O) groups is 1. The van der Waals surface area contributed by atoms with Gasteiger partial charge in [0.2, 0.25) is 0 Å². The van der Waals surface area contributed by atoms with E-state index in [1.807, 2.05) is 19.1 Å². The average molecular weight is 265 g/mol. The Kier molecular flexibility index (Phi) is 4.63. The molecule has 19 heavy (non-hydrogen) atoms. The molecule has 0 spiro atoms. The molecule has 0 bridgehead atoms. The lowest BCUT2D eigenvalue weighted by Gasteiger charge is -2.15. The maximum Gasteiger partial charge on any atom is 0.341 e. The summed E-state index contributed by atoms with van der Waals surface area (Å²) < 4.78 is 10.9. The van der Waals surface area contributed by atoms with Gasteiger partial charge in [-0.2, -0.15) is 0 Å². The van der Waals surface area contributed by atoms with E-state index in [9.17, 15) is 4.79 Å². The molecule has 104 valence electrons. The zero-order chi connectivity index (χ0) is 13.7. The number of carboxylic acid groups (broad SMARTS) is 1. The van der Waals surface area contributed by atoms with Crippen LogP contribution in [-0.4, -0.2) is 30.3 Å². The van der Waals surface area contributed by atoms with Gasteiger partial charge in [0.1, 0.15) is 0 Å². The monoisotopic (exact) mass is 265 g/mol. The fraction of sp³-hybridized carbons (Fsp3) is 0.500. The predicted molar refractivity (Wildman–Crippen MR) is 70.6 cm³/mol. The normalized spacial score (nSPS) is 14.2. The molecule has 5 heteroatoms. The second kappa shape index (κ2) is 6.43. The van der Waals surface area contributed by atoms with Gasteiger partial charge in [-0.15, -0.1) is 0 Å². The number of para-hydroxylation sites is 1. The zero-order valence-electron chi connectivity index (χ0n) is 11.0. The summed E-state index contributed by atoms with van der Waals surface area (Å²) in [7, 11) is 0. The molecule has 5 nitrogen and oxygen atoms in total. The maximum atomic E-state index is 10.6. The maximum absolute atomic E-state index is 10.6. The molecule has 2 N–H and O–H groups in total. The van der Waals surface area contributed by atoms with Crippen molar-refractivity contribution in [3.05, 3.63) is 23.8 Å². The Bertz CT molecular complexity index is 443. The van der Waals surface area contributed by atoms with Crippen molar-refractivity contribution < 1.29 is 19.4 Å². The van der Waals surface area contributed by atoms with Gasteiger partial charge in [-0.25, -0.2) is 4.79 Å². The minimum atomic E-state index is -0.993. The first-order valence-corrected chi connectivity index (χ1v) is 6.53. The van der Waals surface area contributed by atoms with E-state index in [4.69, 9.17) is 14.6 Å². The molecule has 0 unspecified atom stereocenters. The SMILES string of the molecule is CCOc1cccc(CNC2CC2)c1OCC(=O)O. The lowest BCUT2D eigenvalue weighted by atomic mass is 10.2. The molecule has 0 saturated heterocycles. The van der Waals surface area contributed by atoms with Crippen molar-refractivity contribution in [2.75, 3.05) is 13.2 Å². The Balaban J connectivity index is 2.12. The summed E-state index contributed by atoms with van der Waals surface area (Å²) in [5, 5.41) is 12.1. The molecule has 1 saturated carbocycles. The summed E-state index contributed by atoms with van der Waals surface area (Å²) >= 11 is 0. The molecule has 1 fully saturated rings. The van der Waals surface area contributed by atoms with Gasteiger partial charge in [0.25, 0.3) is 0 Å². The topological polar surface area (TPSA) is 67.8 Å². The highest BCUT2D eigenvalue weighted by atomic mass is 16.5. The second-order valence-corrected chi connectivity index (χ2v) is 4.51. The van der Waals surface area contributed by atoms with Crippen molar-refractivity contribution in [3.8, 4) is 11.5 Å². The van der Waals surface area contributed by atoms with E-state index in [2.05, 4.69) is 5.32 Å². The third-order valence-corrected chi connectivity index (χ3v) is 2.86. The first-order chi connectivity index (χ1) is 9.20. The van der Waals surface area contributed by atoms with Gasteiger partial charge in [-0.05, 0) is 25.8 Å². The van der Waals surface area contributed by atoms with Crippen LogP contribution >= 0.6 is 0 Å². The van der Waals surface area contributed by atoms with Crippen LogP contribution in [0.25, 0.3) is 0 Å². The van der Waals surface area contributed by atoms with Crippen LogP contribution in [0.1, 0.15) is 25.3 Å². The summed E-state index contributed by atoms with van der Waals surface area (Å²) in [4.78, 5) is 10.6. The van der Waals surface area contributed by atoms with Crippen molar-refractivity contribution in [2.45, 2.75) is 32.4 Å². The van der Waals surface area contributed by atoms with E-state index in [1.165, 1.54) is 12.8 Å². The minimum absolute atomic E-state index is 0.361. The molecular formula is C14H19NO4. The lowest BCUT2D eigenvalue weighted by Crippen LogP contribution is -2.17. The highest BCUT2D eigenvalue weighted by Crippen LogP contribution is 2.32. The fourth-order valence-electron chi connectivity index (χ4n) is 1.81. The molecule has 0 aromatic heterocycles. The Morgan fingerprint density at radius 3 is 2.84 bits per heavy atom. The Morgan fingerprint density at radius 1 is 1.42 bits per heavy atom. The smallest absolute Gasteiger partial charge is 0.341 e. The van der Waals surface area contributed by atoms with Crippen molar-refractivity contribution in [3.63, 3.8) is 0 Å². The van der Waals surface area contributed by atoms with Gasteiger partial charge in [-0.1, -0.05) is 12.1 Å². The molecular weight excluding hydrogens is 246 g/mol. The third kappa shape index (κ3) is 4.13. The number of aliphatic carboxylic acids is 1. The van der Waals surface area contributed by atoms with E-state index >= 15 is 0 Å². The van der Waals surface area contributed by atoms with Gasteiger partial charge >= 0.3 is 5.97 Å². The first-order valence-electron chi connectivity index (χ1n) is 6.53. The highest BCUT2D eigenvalue weighted by molar-refractivity contribution is 5.68. The standard InChI is InChI=1S/C14H19NO4/c1-2-18-12-5-3-4-10(8-15-11-6-7-11)14(12)19-9-13(16)17/h3-5,11,15H,2,6-9H2,1H3,(H,16,17). The van der Waals surface area contributed by atoms with Crippen LogP contribution in [-0.2, 0) is 11.3 Å².